The molecule has 0 saturated heterocycles. The fourth-order valence-corrected chi connectivity index (χ4v) is 3.52. The van der Waals surface area contributed by atoms with E-state index >= 15 is 0 Å². The molecule has 0 radical (unpaired) electrons. The molecule has 2 heterocycles. The minimum atomic E-state index is -0.303. The number of carbonyl (C=O) groups is 2. The summed E-state index contributed by atoms with van der Waals surface area (Å²) in [4.78, 5) is 28.0. The third-order valence-corrected chi connectivity index (χ3v) is 5.02. The zero-order valence-electron chi connectivity index (χ0n) is 14.3. The van der Waals surface area contributed by atoms with Crippen LogP contribution in [0, 0.1) is 0 Å². The van der Waals surface area contributed by atoms with E-state index in [9.17, 15) is 9.59 Å². The normalized spacial score (nSPS) is 13.6. The molecular weight excluding hydrogens is 360 g/mol. The minimum absolute atomic E-state index is 0.172. The van der Waals surface area contributed by atoms with E-state index in [1.807, 2.05) is 60.0 Å². The summed E-state index contributed by atoms with van der Waals surface area (Å²) in [5.74, 6) is -0.475. The topological polar surface area (TPSA) is 83.5 Å². The monoisotopic (exact) mass is 376 g/mol. The Morgan fingerprint density at radius 2 is 1.78 bits per heavy atom. The van der Waals surface area contributed by atoms with Gasteiger partial charge in [0.1, 0.15) is 10.7 Å². The van der Waals surface area contributed by atoms with E-state index in [1.165, 1.54) is 0 Å². The van der Waals surface area contributed by atoms with Gasteiger partial charge in [0.2, 0.25) is 5.91 Å². The highest BCUT2D eigenvalue weighted by molar-refractivity contribution is 7.13. The third kappa shape index (κ3) is 3.93. The van der Waals surface area contributed by atoms with Gasteiger partial charge in [0, 0.05) is 35.0 Å². The number of rotatable bonds is 4. The molecule has 0 fully saturated rings. The number of hydrogen-bond donors (Lipinski definition) is 2. The molecule has 4 rings (SSSR count). The molecule has 0 bridgehead atoms. The van der Waals surface area contributed by atoms with Crippen LogP contribution in [-0.4, -0.2) is 22.5 Å². The summed E-state index contributed by atoms with van der Waals surface area (Å²) >= 11 is 1.60. The van der Waals surface area contributed by atoms with Crippen LogP contribution in [-0.2, 0) is 9.59 Å². The lowest BCUT2D eigenvalue weighted by atomic mass is 10.1. The van der Waals surface area contributed by atoms with Gasteiger partial charge in [0.05, 0.1) is 5.69 Å². The van der Waals surface area contributed by atoms with Crippen LogP contribution < -0.4 is 10.7 Å². The van der Waals surface area contributed by atoms with E-state index in [0.717, 1.165) is 21.8 Å². The lowest BCUT2D eigenvalue weighted by Crippen LogP contribution is -2.32. The summed E-state index contributed by atoms with van der Waals surface area (Å²) in [6.07, 6.45) is 0.621. The van der Waals surface area contributed by atoms with Gasteiger partial charge in [0.25, 0.3) is 5.91 Å². The largest absolute Gasteiger partial charge is 0.321 e. The summed E-state index contributed by atoms with van der Waals surface area (Å²) in [5.41, 5.74) is 6.29. The van der Waals surface area contributed by atoms with Gasteiger partial charge in [-0.15, -0.1) is 11.3 Å². The summed E-state index contributed by atoms with van der Waals surface area (Å²) < 4.78 is 0. The summed E-state index contributed by atoms with van der Waals surface area (Å²) in [6.45, 7) is 0. The van der Waals surface area contributed by atoms with Crippen molar-refractivity contribution in [1.82, 2.24) is 10.4 Å². The maximum absolute atomic E-state index is 12.2. The van der Waals surface area contributed by atoms with Crippen molar-refractivity contribution in [3.8, 4) is 21.8 Å². The van der Waals surface area contributed by atoms with Crippen LogP contribution in [0.15, 0.2) is 65.1 Å². The molecule has 1 aromatic heterocycles. The van der Waals surface area contributed by atoms with Gasteiger partial charge < -0.3 is 5.32 Å². The predicted octanol–water partition coefficient (Wildman–Crippen LogP) is 3.68. The van der Waals surface area contributed by atoms with Crippen molar-refractivity contribution in [2.24, 2.45) is 5.10 Å². The second kappa shape index (κ2) is 7.51. The van der Waals surface area contributed by atoms with Crippen LogP contribution >= 0.6 is 11.3 Å². The van der Waals surface area contributed by atoms with Gasteiger partial charge in [-0.3, -0.25) is 9.59 Å². The lowest BCUT2D eigenvalue weighted by molar-refractivity contribution is -0.121. The Morgan fingerprint density at radius 3 is 2.48 bits per heavy atom. The minimum Gasteiger partial charge on any atom is -0.321 e. The Morgan fingerprint density at radius 1 is 1.00 bits per heavy atom. The number of carbonyl (C=O) groups excluding carboxylic acids is 2. The first-order chi connectivity index (χ1) is 13.2. The number of amides is 2. The Labute approximate surface area is 160 Å². The van der Waals surface area contributed by atoms with Gasteiger partial charge in [-0.1, -0.05) is 42.5 Å². The summed E-state index contributed by atoms with van der Waals surface area (Å²) in [5, 5.41) is 9.59. The van der Waals surface area contributed by atoms with Crippen molar-refractivity contribution < 1.29 is 9.59 Å². The zero-order valence-corrected chi connectivity index (χ0v) is 15.1. The predicted molar refractivity (Wildman–Crippen MR) is 106 cm³/mol. The average molecular weight is 376 g/mol. The number of hydrogen-bond acceptors (Lipinski definition) is 5. The van der Waals surface area contributed by atoms with Gasteiger partial charge in [-0.05, 0) is 12.1 Å². The van der Waals surface area contributed by atoms with Crippen LogP contribution in [0.3, 0.4) is 0 Å². The molecule has 7 heteroatoms. The molecule has 27 heavy (non-hydrogen) atoms. The molecule has 2 N–H and O–H groups in total. The Bertz CT molecular complexity index is 1010. The number of nitrogens with one attached hydrogen (secondary N) is 2. The van der Waals surface area contributed by atoms with Gasteiger partial charge in [0.15, 0.2) is 0 Å². The van der Waals surface area contributed by atoms with Crippen molar-refractivity contribution in [3.63, 3.8) is 0 Å². The second-order valence-corrected chi connectivity index (χ2v) is 6.89. The number of benzene rings is 2. The molecule has 6 nitrogen and oxygen atoms in total. The maximum Gasteiger partial charge on any atom is 0.271 e. The number of nitrogens with zero attached hydrogens (tertiary/aromatic N) is 2. The van der Waals surface area contributed by atoms with Crippen LogP contribution in [0.4, 0.5) is 5.69 Å². The third-order valence-electron chi connectivity index (χ3n) is 4.13. The summed E-state index contributed by atoms with van der Waals surface area (Å²) in [7, 11) is 0. The first-order valence-corrected chi connectivity index (χ1v) is 9.35. The lowest BCUT2D eigenvalue weighted by Gasteiger charge is -2.12. The molecule has 3 aromatic rings. The van der Waals surface area contributed by atoms with Gasteiger partial charge >= 0.3 is 0 Å². The van der Waals surface area contributed by atoms with Crippen molar-refractivity contribution >= 4 is 34.6 Å². The van der Waals surface area contributed by atoms with Gasteiger partial charge in [-0.2, -0.15) is 5.10 Å². The van der Waals surface area contributed by atoms with E-state index in [-0.39, 0.29) is 18.2 Å². The van der Waals surface area contributed by atoms with E-state index in [2.05, 4.69) is 15.8 Å². The highest BCUT2D eigenvalue weighted by atomic mass is 32.1. The Hall–Kier alpha value is -3.32. The average Bonchev–Trinajstić information content (AvgIpc) is 3.20. The highest BCUT2D eigenvalue weighted by Gasteiger charge is 2.18. The number of aromatic nitrogens is 1. The molecule has 134 valence electrons. The van der Waals surface area contributed by atoms with E-state index in [0.29, 0.717) is 17.8 Å². The number of thiazole rings is 1. The molecule has 0 unspecified atom stereocenters. The van der Waals surface area contributed by atoms with Crippen molar-refractivity contribution in [2.75, 3.05) is 5.32 Å². The van der Waals surface area contributed by atoms with Crippen LogP contribution in [0.25, 0.3) is 21.8 Å². The van der Waals surface area contributed by atoms with Crippen molar-refractivity contribution in [3.05, 3.63) is 60.0 Å². The first-order valence-electron chi connectivity index (χ1n) is 8.47. The molecule has 2 aromatic carbocycles. The van der Waals surface area contributed by atoms with E-state index < -0.39 is 0 Å². The SMILES string of the molecule is O=C1CCC(C(=O)Nc2ccc(-c3csc(-c4ccccc4)n3)cc2)=NN1. The smallest absolute Gasteiger partial charge is 0.271 e. The van der Waals surface area contributed by atoms with Crippen LogP contribution in [0.1, 0.15) is 12.8 Å². The van der Waals surface area contributed by atoms with Crippen molar-refractivity contribution in [1.29, 1.82) is 0 Å². The van der Waals surface area contributed by atoms with E-state index in [1.54, 1.807) is 11.3 Å². The number of hydrazone groups is 1. The first kappa shape index (κ1) is 17.1. The van der Waals surface area contributed by atoms with Gasteiger partial charge in [-0.25, -0.2) is 10.4 Å². The molecule has 0 spiro atoms. The highest BCUT2D eigenvalue weighted by Crippen LogP contribution is 2.29. The molecule has 0 saturated carbocycles. The molecule has 0 atom stereocenters. The quantitative estimate of drug-likeness (QED) is 0.728. The van der Waals surface area contributed by atoms with E-state index in [4.69, 9.17) is 4.98 Å². The molecule has 0 aliphatic carbocycles. The Kier molecular flexibility index (Phi) is 4.76. The molecule has 2 amide bonds. The fraction of sp³-hybridized carbons (Fsp3) is 0.100. The molecular formula is C20H16N4O2S. The molecule has 1 aliphatic rings. The standard InChI is InChI=1S/C20H16N4O2S/c25-18-11-10-16(23-24-18)19(26)21-15-8-6-13(7-9-15)17-12-27-20(22-17)14-4-2-1-3-5-14/h1-9,12H,10-11H2,(H,21,26)(H,24,25). The molecule has 1 aliphatic heterocycles. The zero-order chi connectivity index (χ0) is 18.6. The van der Waals surface area contributed by atoms with Crippen LogP contribution in [0.5, 0.6) is 0 Å². The van der Waals surface area contributed by atoms with Crippen LogP contribution in [0.2, 0.25) is 0 Å². The fourth-order valence-electron chi connectivity index (χ4n) is 2.69. The second-order valence-electron chi connectivity index (χ2n) is 6.03. The Balaban J connectivity index is 1.46. The summed E-state index contributed by atoms with van der Waals surface area (Å²) in [6, 6.07) is 17.6. The maximum atomic E-state index is 12.2. The van der Waals surface area contributed by atoms with Crippen molar-refractivity contribution in [2.45, 2.75) is 12.8 Å². The number of anilines is 1.